The number of amides is 1. The van der Waals surface area contributed by atoms with Crippen LogP contribution in [0.3, 0.4) is 0 Å². The lowest BCUT2D eigenvalue weighted by Gasteiger charge is -2.22. The van der Waals surface area contributed by atoms with Crippen molar-refractivity contribution in [1.29, 1.82) is 0 Å². The van der Waals surface area contributed by atoms with Gasteiger partial charge in [0.05, 0.1) is 7.11 Å². The van der Waals surface area contributed by atoms with Gasteiger partial charge in [-0.05, 0) is 37.2 Å². The number of nitrogens with one attached hydrogen (secondary N) is 1. The van der Waals surface area contributed by atoms with Crippen LogP contribution < -0.4 is 10.1 Å². The Morgan fingerprint density at radius 2 is 2.29 bits per heavy atom. The van der Waals surface area contributed by atoms with Crippen molar-refractivity contribution in [1.82, 2.24) is 10.2 Å². The minimum Gasteiger partial charge on any atom is -0.496 e. The first-order chi connectivity index (χ1) is 9.61. The van der Waals surface area contributed by atoms with E-state index >= 15 is 0 Å². The Morgan fingerprint density at radius 1 is 1.52 bits per heavy atom. The van der Waals surface area contributed by atoms with Gasteiger partial charge in [0.25, 0.3) is 0 Å². The number of nitrogens with zero attached hydrogens (tertiary/aromatic N) is 1. The minimum absolute atomic E-state index is 0. The SMILES string of the molecule is COc1ccc(Cl)cc1/C=C/C(=O)N(C)C1CCNC1.Cl. The minimum atomic E-state index is -0.0132. The fraction of sp³-hybridized carbons (Fsp3) is 0.400. The van der Waals surface area contributed by atoms with E-state index in [2.05, 4.69) is 5.32 Å². The summed E-state index contributed by atoms with van der Waals surface area (Å²) >= 11 is 5.96. The smallest absolute Gasteiger partial charge is 0.246 e. The van der Waals surface area contributed by atoms with Crippen LogP contribution in [0.5, 0.6) is 5.75 Å². The van der Waals surface area contributed by atoms with Crippen molar-refractivity contribution in [3.8, 4) is 5.75 Å². The van der Waals surface area contributed by atoms with Crippen LogP contribution in [0.15, 0.2) is 24.3 Å². The van der Waals surface area contributed by atoms with Crippen LogP contribution in [0.1, 0.15) is 12.0 Å². The number of benzene rings is 1. The van der Waals surface area contributed by atoms with Crippen molar-refractivity contribution in [3.63, 3.8) is 0 Å². The first-order valence-electron chi connectivity index (χ1n) is 6.61. The number of ether oxygens (including phenoxy) is 1. The predicted octanol–water partition coefficient (Wildman–Crippen LogP) is 2.60. The first kappa shape index (κ1) is 17.8. The molecule has 1 aliphatic rings. The summed E-state index contributed by atoms with van der Waals surface area (Å²) in [5, 5.41) is 3.87. The van der Waals surface area contributed by atoms with E-state index in [1.807, 2.05) is 7.05 Å². The molecule has 1 fully saturated rings. The van der Waals surface area contributed by atoms with Gasteiger partial charge in [-0.1, -0.05) is 11.6 Å². The average molecular weight is 331 g/mol. The van der Waals surface area contributed by atoms with Crippen molar-refractivity contribution in [2.24, 2.45) is 0 Å². The van der Waals surface area contributed by atoms with E-state index < -0.39 is 0 Å². The molecule has 0 spiro atoms. The van der Waals surface area contributed by atoms with Gasteiger partial charge in [0.2, 0.25) is 5.91 Å². The molecule has 0 bridgehead atoms. The molecule has 1 amide bonds. The van der Waals surface area contributed by atoms with Crippen molar-refractivity contribution in [2.45, 2.75) is 12.5 Å². The summed E-state index contributed by atoms with van der Waals surface area (Å²) in [5.41, 5.74) is 0.797. The van der Waals surface area contributed by atoms with Gasteiger partial charge in [0, 0.05) is 36.3 Å². The highest BCUT2D eigenvalue weighted by Crippen LogP contribution is 2.23. The molecule has 2 rings (SSSR count). The van der Waals surface area contributed by atoms with Gasteiger partial charge in [0.1, 0.15) is 5.75 Å². The molecule has 0 radical (unpaired) electrons. The van der Waals surface area contributed by atoms with Gasteiger partial charge in [-0.25, -0.2) is 0 Å². The number of likely N-dealkylation sites (N-methyl/N-ethyl adjacent to an activating group) is 1. The number of hydrogen-bond donors (Lipinski definition) is 1. The number of carbonyl (C=O) groups is 1. The highest BCUT2D eigenvalue weighted by Gasteiger charge is 2.21. The molecule has 116 valence electrons. The molecule has 1 unspecified atom stereocenters. The summed E-state index contributed by atoms with van der Waals surface area (Å²) < 4.78 is 5.25. The van der Waals surface area contributed by atoms with Crippen LogP contribution in [0.2, 0.25) is 5.02 Å². The third-order valence-electron chi connectivity index (χ3n) is 3.53. The summed E-state index contributed by atoms with van der Waals surface area (Å²) in [6.45, 7) is 1.82. The second kappa shape index (κ2) is 8.27. The Hall–Kier alpha value is -1.23. The fourth-order valence-corrected chi connectivity index (χ4v) is 2.44. The third kappa shape index (κ3) is 4.63. The van der Waals surface area contributed by atoms with Crippen molar-refractivity contribution < 1.29 is 9.53 Å². The zero-order valence-corrected chi connectivity index (χ0v) is 13.7. The lowest BCUT2D eigenvalue weighted by atomic mass is 10.1. The van der Waals surface area contributed by atoms with Crippen molar-refractivity contribution >= 4 is 36.0 Å². The molecular formula is C15H20Cl2N2O2. The summed E-state index contributed by atoms with van der Waals surface area (Å²) in [5.74, 6) is 0.685. The number of methoxy groups -OCH3 is 1. The van der Waals surface area contributed by atoms with Crippen LogP contribution in [0, 0.1) is 0 Å². The zero-order chi connectivity index (χ0) is 14.5. The van der Waals surface area contributed by atoms with Gasteiger partial charge in [-0.3, -0.25) is 4.79 Å². The lowest BCUT2D eigenvalue weighted by molar-refractivity contribution is -0.126. The van der Waals surface area contributed by atoms with Gasteiger partial charge in [0.15, 0.2) is 0 Å². The fourth-order valence-electron chi connectivity index (χ4n) is 2.26. The molecule has 6 heteroatoms. The lowest BCUT2D eigenvalue weighted by Crippen LogP contribution is -2.37. The molecule has 4 nitrogen and oxygen atoms in total. The average Bonchev–Trinajstić information content (AvgIpc) is 2.98. The maximum absolute atomic E-state index is 12.1. The Morgan fingerprint density at radius 3 is 2.90 bits per heavy atom. The molecule has 1 aliphatic heterocycles. The van der Waals surface area contributed by atoms with Gasteiger partial charge in [-0.2, -0.15) is 0 Å². The molecule has 1 saturated heterocycles. The highest BCUT2D eigenvalue weighted by atomic mass is 35.5. The summed E-state index contributed by atoms with van der Waals surface area (Å²) in [6, 6.07) is 5.60. The monoisotopic (exact) mass is 330 g/mol. The maximum Gasteiger partial charge on any atom is 0.246 e. The van der Waals surface area contributed by atoms with Gasteiger partial charge >= 0.3 is 0 Å². The van der Waals surface area contributed by atoms with E-state index in [-0.39, 0.29) is 24.4 Å². The Bertz CT molecular complexity index is 514. The van der Waals surface area contributed by atoms with Gasteiger partial charge < -0.3 is 15.0 Å². The van der Waals surface area contributed by atoms with E-state index in [9.17, 15) is 4.79 Å². The molecule has 1 N–H and O–H groups in total. The standard InChI is InChI=1S/C15H19ClN2O2.ClH/c1-18(13-7-8-17-10-13)15(19)6-3-11-9-12(16)4-5-14(11)20-2;/h3-6,9,13,17H,7-8,10H2,1-2H3;1H/b6-3+;. The van der Waals surface area contributed by atoms with Crippen LogP contribution in [0.4, 0.5) is 0 Å². The third-order valence-corrected chi connectivity index (χ3v) is 3.76. The summed E-state index contributed by atoms with van der Waals surface area (Å²) in [7, 11) is 3.43. The van der Waals surface area contributed by atoms with E-state index in [1.54, 1.807) is 42.4 Å². The Balaban J connectivity index is 0.00000220. The molecule has 0 aromatic heterocycles. The van der Waals surface area contributed by atoms with Crippen LogP contribution in [-0.4, -0.2) is 44.1 Å². The molecule has 0 aliphatic carbocycles. The molecule has 1 aromatic carbocycles. The second-order valence-electron chi connectivity index (χ2n) is 4.82. The van der Waals surface area contributed by atoms with Crippen molar-refractivity contribution in [3.05, 3.63) is 34.9 Å². The molecular weight excluding hydrogens is 311 g/mol. The molecule has 1 aromatic rings. The second-order valence-corrected chi connectivity index (χ2v) is 5.25. The molecule has 1 atom stereocenters. The van der Waals surface area contributed by atoms with Crippen LogP contribution >= 0.6 is 24.0 Å². The predicted molar refractivity (Wildman–Crippen MR) is 88.3 cm³/mol. The van der Waals surface area contributed by atoms with Crippen molar-refractivity contribution in [2.75, 3.05) is 27.2 Å². The maximum atomic E-state index is 12.1. The van der Waals surface area contributed by atoms with E-state index in [4.69, 9.17) is 16.3 Å². The first-order valence-corrected chi connectivity index (χ1v) is 6.98. The number of carbonyl (C=O) groups excluding carboxylic acids is 1. The molecule has 21 heavy (non-hydrogen) atoms. The number of rotatable bonds is 4. The summed E-state index contributed by atoms with van der Waals surface area (Å²) in [4.78, 5) is 13.9. The van der Waals surface area contributed by atoms with E-state index in [0.29, 0.717) is 10.8 Å². The number of hydrogen-bond acceptors (Lipinski definition) is 3. The molecule has 0 saturated carbocycles. The van der Waals surface area contributed by atoms with Crippen LogP contribution in [-0.2, 0) is 4.79 Å². The highest BCUT2D eigenvalue weighted by molar-refractivity contribution is 6.30. The molecule has 1 heterocycles. The van der Waals surface area contributed by atoms with Crippen LogP contribution in [0.25, 0.3) is 6.08 Å². The van der Waals surface area contributed by atoms with E-state index in [1.165, 1.54) is 0 Å². The quantitative estimate of drug-likeness (QED) is 0.863. The normalized spacial score (nSPS) is 17.6. The summed E-state index contributed by atoms with van der Waals surface area (Å²) in [6.07, 6.45) is 4.30. The van der Waals surface area contributed by atoms with E-state index in [0.717, 1.165) is 25.1 Å². The topological polar surface area (TPSA) is 41.6 Å². The Labute approximate surface area is 136 Å². The largest absolute Gasteiger partial charge is 0.496 e. The van der Waals surface area contributed by atoms with Gasteiger partial charge in [-0.15, -0.1) is 12.4 Å². The zero-order valence-electron chi connectivity index (χ0n) is 12.1. The Kier molecular flexibility index (Phi) is 7.02. The number of halogens is 2.